The van der Waals surface area contributed by atoms with Crippen LogP contribution in [0.3, 0.4) is 0 Å². The minimum absolute atomic E-state index is 0. The van der Waals surface area contributed by atoms with E-state index in [9.17, 15) is 8.42 Å². The summed E-state index contributed by atoms with van der Waals surface area (Å²) in [6.07, 6.45) is 1.66. The van der Waals surface area contributed by atoms with E-state index >= 15 is 0 Å². The van der Waals surface area contributed by atoms with Crippen molar-refractivity contribution >= 4 is 38.4 Å². The Morgan fingerprint density at radius 2 is 2.16 bits per heavy atom. The topological polar surface area (TPSA) is 58.2 Å². The zero-order chi connectivity index (χ0) is 13.2. The highest BCUT2D eigenvalue weighted by Gasteiger charge is 2.24. The molecule has 1 aromatic carbocycles. The van der Waals surface area contributed by atoms with Gasteiger partial charge in [-0.05, 0) is 44.5 Å². The van der Waals surface area contributed by atoms with Crippen LogP contribution in [-0.4, -0.2) is 27.0 Å². The van der Waals surface area contributed by atoms with Gasteiger partial charge in [-0.3, -0.25) is 0 Å². The van der Waals surface area contributed by atoms with Crippen molar-refractivity contribution in [3.63, 3.8) is 0 Å². The van der Waals surface area contributed by atoms with Gasteiger partial charge >= 0.3 is 0 Å². The van der Waals surface area contributed by atoms with Gasteiger partial charge in [-0.25, -0.2) is 13.1 Å². The van der Waals surface area contributed by atoms with Crippen molar-refractivity contribution in [1.82, 2.24) is 10.0 Å². The second kappa shape index (κ2) is 7.04. The fourth-order valence-corrected chi connectivity index (χ4v) is 4.04. The average Bonchev–Trinajstić information content (AvgIpc) is 2.28. The Hall–Kier alpha value is -0.140. The first-order chi connectivity index (χ1) is 8.47. The van der Waals surface area contributed by atoms with E-state index in [1.54, 1.807) is 18.2 Å². The van der Waals surface area contributed by atoms with Gasteiger partial charge in [0.15, 0.2) is 0 Å². The van der Waals surface area contributed by atoms with E-state index in [-0.39, 0.29) is 18.4 Å². The number of benzene rings is 1. The van der Waals surface area contributed by atoms with Crippen molar-refractivity contribution in [1.29, 1.82) is 0 Å². The van der Waals surface area contributed by atoms with E-state index in [1.165, 1.54) is 0 Å². The van der Waals surface area contributed by atoms with Crippen LogP contribution in [0.2, 0.25) is 0 Å². The summed E-state index contributed by atoms with van der Waals surface area (Å²) < 4.78 is 28.0. The molecule has 0 amide bonds. The molecule has 0 saturated carbocycles. The molecule has 1 fully saturated rings. The van der Waals surface area contributed by atoms with E-state index in [0.717, 1.165) is 23.9 Å². The molecule has 0 bridgehead atoms. The Kier molecular flexibility index (Phi) is 6.26. The molecule has 2 atom stereocenters. The van der Waals surface area contributed by atoms with Crippen LogP contribution in [0, 0.1) is 0 Å². The fourth-order valence-electron chi connectivity index (χ4n) is 2.16. The van der Waals surface area contributed by atoms with Crippen LogP contribution >= 0.6 is 28.3 Å². The molecule has 19 heavy (non-hydrogen) atoms. The molecule has 2 rings (SSSR count). The molecule has 1 aromatic rings. The summed E-state index contributed by atoms with van der Waals surface area (Å²) in [7, 11) is -3.41. The monoisotopic (exact) mass is 368 g/mol. The molecule has 2 N–H and O–H groups in total. The SMILES string of the molecule is CC1CC(NS(=O)(=O)c2cccc(Br)c2)CCN1.Cl. The minimum atomic E-state index is -3.41. The van der Waals surface area contributed by atoms with Gasteiger partial charge < -0.3 is 5.32 Å². The molecule has 2 unspecified atom stereocenters. The van der Waals surface area contributed by atoms with Crippen molar-refractivity contribution in [2.75, 3.05) is 6.54 Å². The van der Waals surface area contributed by atoms with Gasteiger partial charge in [0.25, 0.3) is 0 Å². The van der Waals surface area contributed by atoms with Gasteiger partial charge in [-0.1, -0.05) is 22.0 Å². The average molecular weight is 370 g/mol. The highest BCUT2D eigenvalue weighted by Crippen LogP contribution is 2.18. The molecule has 1 aliphatic heterocycles. The van der Waals surface area contributed by atoms with Crippen LogP contribution in [-0.2, 0) is 10.0 Å². The van der Waals surface area contributed by atoms with Crippen LogP contribution in [0.1, 0.15) is 19.8 Å². The Morgan fingerprint density at radius 3 is 2.79 bits per heavy atom. The maximum atomic E-state index is 12.2. The summed E-state index contributed by atoms with van der Waals surface area (Å²) in [5, 5.41) is 3.30. The predicted molar refractivity (Wildman–Crippen MR) is 82.2 cm³/mol. The molecule has 0 radical (unpaired) electrons. The highest BCUT2D eigenvalue weighted by molar-refractivity contribution is 9.10. The first-order valence-corrected chi connectivity index (χ1v) is 8.26. The summed E-state index contributed by atoms with van der Waals surface area (Å²) in [5.74, 6) is 0. The minimum Gasteiger partial charge on any atom is -0.314 e. The van der Waals surface area contributed by atoms with Gasteiger partial charge in [-0.2, -0.15) is 0 Å². The van der Waals surface area contributed by atoms with Gasteiger partial charge in [0.2, 0.25) is 10.0 Å². The van der Waals surface area contributed by atoms with Crippen LogP contribution in [0.4, 0.5) is 0 Å². The van der Waals surface area contributed by atoms with Gasteiger partial charge in [0, 0.05) is 16.6 Å². The maximum absolute atomic E-state index is 12.2. The van der Waals surface area contributed by atoms with Gasteiger partial charge in [0.05, 0.1) is 4.90 Å². The van der Waals surface area contributed by atoms with E-state index in [2.05, 4.69) is 32.9 Å². The summed E-state index contributed by atoms with van der Waals surface area (Å²) in [6, 6.07) is 7.14. The summed E-state index contributed by atoms with van der Waals surface area (Å²) in [4.78, 5) is 0.308. The van der Waals surface area contributed by atoms with E-state index < -0.39 is 10.0 Å². The molecule has 4 nitrogen and oxygen atoms in total. The molecule has 1 aliphatic rings. The smallest absolute Gasteiger partial charge is 0.240 e. The normalized spacial score (nSPS) is 23.7. The van der Waals surface area contributed by atoms with Crippen LogP contribution in [0.15, 0.2) is 33.6 Å². The van der Waals surface area contributed by atoms with Crippen LogP contribution in [0.25, 0.3) is 0 Å². The van der Waals surface area contributed by atoms with Crippen LogP contribution < -0.4 is 10.0 Å². The Labute approximate surface area is 128 Å². The number of sulfonamides is 1. The van der Waals surface area contributed by atoms with Gasteiger partial charge in [-0.15, -0.1) is 12.4 Å². The number of halogens is 2. The van der Waals surface area contributed by atoms with Crippen molar-refractivity contribution in [3.05, 3.63) is 28.7 Å². The lowest BCUT2D eigenvalue weighted by Gasteiger charge is -2.28. The zero-order valence-corrected chi connectivity index (χ0v) is 13.8. The first-order valence-electron chi connectivity index (χ1n) is 5.98. The number of hydrogen-bond donors (Lipinski definition) is 2. The largest absolute Gasteiger partial charge is 0.314 e. The first kappa shape index (κ1) is 16.9. The van der Waals surface area contributed by atoms with E-state index in [1.807, 2.05) is 6.07 Å². The van der Waals surface area contributed by atoms with Crippen molar-refractivity contribution in [2.24, 2.45) is 0 Å². The molecule has 1 saturated heterocycles. The number of hydrogen-bond acceptors (Lipinski definition) is 3. The molecule has 0 aliphatic carbocycles. The third-order valence-corrected chi connectivity index (χ3v) is 5.06. The quantitative estimate of drug-likeness (QED) is 0.859. The van der Waals surface area contributed by atoms with Gasteiger partial charge in [0.1, 0.15) is 0 Å². The lowest BCUT2D eigenvalue weighted by Crippen LogP contribution is -2.46. The second-order valence-electron chi connectivity index (χ2n) is 4.66. The van der Waals surface area contributed by atoms with Crippen molar-refractivity contribution < 1.29 is 8.42 Å². The number of piperidine rings is 1. The highest BCUT2D eigenvalue weighted by atomic mass is 79.9. The standard InChI is InChI=1S/C12H17BrN2O2S.ClH/c1-9-7-11(5-6-14-9)15-18(16,17)12-4-2-3-10(13)8-12;/h2-4,8-9,11,14-15H,5-7H2,1H3;1H. The summed E-state index contributed by atoms with van der Waals surface area (Å²) in [6.45, 7) is 2.92. The molecule has 108 valence electrons. The Bertz CT molecular complexity index is 524. The van der Waals surface area contributed by atoms with Crippen LogP contribution in [0.5, 0.6) is 0 Å². The Morgan fingerprint density at radius 1 is 1.42 bits per heavy atom. The molecular weight excluding hydrogens is 352 g/mol. The third-order valence-electron chi connectivity index (χ3n) is 3.05. The lowest BCUT2D eigenvalue weighted by molar-refractivity contribution is 0.361. The molecule has 7 heteroatoms. The third kappa shape index (κ3) is 4.72. The summed E-state index contributed by atoms with van der Waals surface area (Å²) in [5.41, 5.74) is 0. The molecule has 0 spiro atoms. The Balaban J connectivity index is 0.00000180. The van der Waals surface area contributed by atoms with E-state index in [0.29, 0.717) is 10.9 Å². The number of rotatable bonds is 3. The fraction of sp³-hybridized carbons (Fsp3) is 0.500. The molecule has 1 heterocycles. The molecule has 0 aromatic heterocycles. The zero-order valence-electron chi connectivity index (χ0n) is 10.6. The lowest BCUT2D eigenvalue weighted by atomic mass is 10.0. The predicted octanol–water partition coefficient (Wildman–Crippen LogP) is 2.29. The maximum Gasteiger partial charge on any atom is 0.240 e. The number of nitrogens with one attached hydrogen (secondary N) is 2. The second-order valence-corrected chi connectivity index (χ2v) is 7.28. The van der Waals surface area contributed by atoms with Crippen molar-refractivity contribution in [3.8, 4) is 0 Å². The molecular formula is C12H18BrClN2O2S. The van der Waals surface area contributed by atoms with E-state index in [4.69, 9.17) is 0 Å². The summed E-state index contributed by atoms with van der Waals surface area (Å²) >= 11 is 3.29. The van der Waals surface area contributed by atoms with Crippen molar-refractivity contribution in [2.45, 2.75) is 36.7 Å².